The van der Waals surface area contributed by atoms with Crippen LogP contribution in [0.3, 0.4) is 0 Å². The molecule has 0 bridgehead atoms. The Bertz CT molecular complexity index is 1340. The van der Waals surface area contributed by atoms with E-state index in [1.165, 1.54) is 0 Å². The molecule has 0 aliphatic rings. The highest BCUT2D eigenvalue weighted by molar-refractivity contribution is 5.96. The summed E-state index contributed by atoms with van der Waals surface area (Å²) >= 11 is 0. The molecule has 1 heterocycles. The lowest BCUT2D eigenvalue weighted by Crippen LogP contribution is -2.44. The largest absolute Gasteiger partial charge is 0.480 e. The fourth-order valence-corrected chi connectivity index (χ4v) is 3.83. The Hall–Kier alpha value is -4.05. The van der Waals surface area contributed by atoms with Crippen molar-refractivity contribution in [2.45, 2.75) is 64.6 Å². The summed E-state index contributed by atoms with van der Waals surface area (Å²) in [5.41, 5.74) is 2.01. The molecule has 0 radical (unpaired) electrons. The molecular formula is C27H32N4O6. The van der Waals surface area contributed by atoms with Crippen molar-refractivity contribution in [1.82, 2.24) is 20.6 Å². The van der Waals surface area contributed by atoms with Crippen LogP contribution in [-0.2, 0) is 29.0 Å². The number of aliphatic hydroxyl groups is 1. The number of aliphatic carboxylic acids is 1. The zero-order valence-corrected chi connectivity index (χ0v) is 21.1. The molecule has 0 saturated carbocycles. The number of carbonyl (C=O) groups is 3. The van der Waals surface area contributed by atoms with E-state index >= 15 is 0 Å². The lowest BCUT2D eigenvalue weighted by Gasteiger charge is -2.21. The second-order valence-corrected chi connectivity index (χ2v) is 9.92. The maximum absolute atomic E-state index is 12.6. The minimum Gasteiger partial charge on any atom is -0.480 e. The monoisotopic (exact) mass is 508 g/mol. The van der Waals surface area contributed by atoms with Gasteiger partial charge in [0.2, 0.25) is 5.91 Å². The van der Waals surface area contributed by atoms with Crippen molar-refractivity contribution < 1.29 is 24.6 Å². The minimum atomic E-state index is -1.20. The van der Waals surface area contributed by atoms with Crippen LogP contribution in [0.4, 0.5) is 0 Å². The van der Waals surface area contributed by atoms with Crippen molar-refractivity contribution in [3.8, 4) is 0 Å². The smallest absolute Gasteiger partial charge is 0.326 e. The van der Waals surface area contributed by atoms with Crippen LogP contribution in [0.25, 0.3) is 10.9 Å². The van der Waals surface area contributed by atoms with Crippen molar-refractivity contribution in [1.29, 1.82) is 0 Å². The number of carboxylic acid groups (broad SMARTS) is 1. The average molecular weight is 509 g/mol. The van der Waals surface area contributed by atoms with Gasteiger partial charge in [0.25, 0.3) is 11.5 Å². The first-order valence-electron chi connectivity index (χ1n) is 12.0. The van der Waals surface area contributed by atoms with Gasteiger partial charge >= 0.3 is 5.97 Å². The van der Waals surface area contributed by atoms with Gasteiger partial charge in [0.05, 0.1) is 10.9 Å². The summed E-state index contributed by atoms with van der Waals surface area (Å²) in [5, 5.41) is 24.4. The SMILES string of the molecule is CC(C)(C)NC(=O)CC[C@H](NC(=O)c1ccc(CCc2ccc3nc(CO)[nH]c(=O)c3c2)cc1)C(=O)O. The molecule has 2 aromatic carbocycles. The zero-order chi connectivity index (χ0) is 27.2. The van der Waals surface area contributed by atoms with Crippen LogP contribution >= 0.6 is 0 Å². The van der Waals surface area contributed by atoms with Crippen LogP contribution in [-0.4, -0.2) is 49.5 Å². The van der Waals surface area contributed by atoms with E-state index in [1.807, 2.05) is 26.8 Å². The second-order valence-electron chi connectivity index (χ2n) is 9.92. The van der Waals surface area contributed by atoms with E-state index in [9.17, 15) is 29.4 Å². The number of hydrogen-bond donors (Lipinski definition) is 5. The molecule has 0 aliphatic heterocycles. The van der Waals surface area contributed by atoms with Gasteiger partial charge in [-0.3, -0.25) is 14.4 Å². The average Bonchev–Trinajstić information content (AvgIpc) is 2.84. The molecule has 0 aliphatic carbocycles. The molecule has 0 spiro atoms. The van der Waals surface area contributed by atoms with E-state index in [2.05, 4.69) is 20.6 Å². The molecular weight excluding hydrogens is 476 g/mol. The molecule has 196 valence electrons. The number of carbonyl (C=O) groups excluding carboxylic acids is 2. The zero-order valence-electron chi connectivity index (χ0n) is 21.1. The predicted octanol–water partition coefficient (Wildman–Crippen LogP) is 2.08. The van der Waals surface area contributed by atoms with E-state index in [1.54, 1.807) is 36.4 Å². The number of benzene rings is 2. The maximum atomic E-state index is 12.6. The summed E-state index contributed by atoms with van der Waals surface area (Å²) < 4.78 is 0. The summed E-state index contributed by atoms with van der Waals surface area (Å²) in [7, 11) is 0. The fourth-order valence-electron chi connectivity index (χ4n) is 3.83. The first kappa shape index (κ1) is 27.5. The van der Waals surface area contributed by atoms with Crippen molar-refractivity contribution >= 4 is 28.7 Å². The third kappa shape index (κ3) is 7.97. The Kier molecular flexibility index (Phi) is 8.77. The lowest BCUT2D eigenvalue weighted by atomic mass is 10.0. The summed E-state index contributed by atoms with van der Waals surface area (Å²) in [6, 6.07) is 11.1. The molecule has 10 nitrogen and oxygen atoms in total. The van der Waals surface area contributed by atoms with Gasteiger partial charge in [-0.05, 0) is 75.4 Å². The highest BCUT2D eigenvalue weighted by Crippen LogP contribution is 2.14. The van der Waals surface area contributed by atoms with E-state index in [0.29, 0.717) is 29.3 Å². The third-order valence-corrected chi connectivity index (χ3v) is 5.66. The van der Waals surface area contributed by atoms with Crippen LogP contribution in [0, 0.1) is 0 Å². The normalized spacial score (nSPS) is 12.2. The summed E-state index contributed by atoms with van der Waals surface area (Å²) in [6.07, 6.45) is 1.27. The Morgan fingerprint density at radius 1 is 1.03 bits per heavy atom. The number of rotatable bonds is 10. The number of aryl methyl sites for hydroxylation is 2. The molecule has 3 aromatic rings. The number of aromatic amines is 1. The molecule has 3 rings (SSSR count). The van der Waals surface area contributed by atoms with Gasteiger partial charge in [-0.15, -0.1) is 0 Å². The third-order valence-electron chi connectivity index (χ3n) is 5.66. The van der Waals surface area contributed by atoms with Gasteiger partial charge < -0.3 is 25.8 Å². The number of amides is 2. The van der Waals surface area contributed by atoms with E-state index in [-0.39, 0.29) is 36.7 Å². The van der Waals surface area contributed by atoms with Crippen LogP contribution in [0.2, 0.25) is 0 Å². The van der Waals surface area contributed by atoms with Crippen LogP contribution < -0.4 is 16.2 Å². The van der Waals surface area contributed by atoms with Gasteiger partial charge in [-0.1, -0.05) is 18.2 Å². The first-order valence-corrected chi connectivity index (χ1v) is 12.0. The summed E-state index contributed by atoms with van der Waals surface area (Å²) in [6.45, 7) is 5.16. The lowest BCUT2D eigenvalue weighted by molar-refractivity contribution is -0.139. The molecule has 0 saturated heterocycles. The molecule has 37 heavy (non-hydrogen) atoms. The highest BCUT2D eigenvalue weighted by atomic mass is 16.4. The van der Waals surface area contributed by atoms with Crippen LogP contribution in [0.1, 0.15) is 60.9 Å². The standard InChI is InChI=1S/C27H32N4O6/c1-27(2,3)31-23(33)13-12-21(26(36)37)29-24(34)18-9-6-16(7-10-18)4-5-17-8-11-20-19(14-17)25(35)30-22(15-32)28-20/h6-11,14,21,32H,4-5,12-13,15H2,1-3H3,(H,29,34)(H,31,33)(H,36,37)(H,28,30,35)/t21-/m0/s1. The highest BCUT2D eigenvalue weighted by Gasteiger charge is 2.23. The number of H-pyrrole nitrogens is 1. The topological polar surface area (TPSA) is 161 Å². The van der Waals surface area contributed by atoms with Crippen LogP contribution in [0.15, 0.2) is 47.3 Å². The van der Waals surface area contributed by atoms with Gasteiger partial charge in [-0.25, -0.2) is 9.78 Å². The van der Waals surface area contributed by atoms with E-state index in [4.69, 9.17) is 0 Å². The minimum absolute atomic E-state index is 0.0211. The molecule has 5 N–H and O–H groups in total. The second kappa shape index (κ2) is 11.8. The van der Waals surface area contributed by atoms with E-state index < -0.39 is 23.5 Å². The number of fused-ring (bicyclic) bond motifs is 1. The molecule has 1 aromatic heterocycles. The molecule has 2 amide bonds. The number of hydrogen-bond acceptors (Lipinski definition) is 6. The molecule has 1 atom stereocenters. The Morgan fingerprint density at radius 2 is 1.68 bits per heavy atom. The molecule has 10 heteroatoms. The Labute approximate surface area is 214 Å². The number of aromatic nitrogens is 2. The molecule has 0 unspecified atom stereocenters. The summed E-state index contributed by atoms with van der Waals surface area (Å²) in [4.78, 5) is 55.2. The van der Waals surface area contributed by atoms with Crippen molar-refractivity contribution in [3.05, 3.63) is 75.3 Å². The van der Waals surface area contributed by atoms with Gasteiger partial charge in [0, 0.05) is 17.5 Å². The first-order chi connectivity index (χ1) is 17.4. The number of nitrogens with zero attached hydrogens (tertiary/aromatic N) is 1. The summed E-state index contributed by atoms with van der Waals surface area (Å²) in [5.74, 6) is -1.79. The Balaban J connectivity index is 1.58. The van der Waals surface area contributed by atoms with Crippen molar-refractivity contribution in [2.24, 2.45) is 0 Å². The predicted molar refractivity (Wildman–Crippen MR) is 138 cm³/mol. The van der Waals surface area contributed by atoms with Crippen LogP contribution in [0.5, 0.6) is 0 Å². The number of nitrogens with one attached hydrogen (secondary N) is 3. The maximum Gasteiger partial charge on any atom is 0.326 e. The fraction of sp³-hybridized carbons (Fsp3) is 0.370. The van der Waals surface area contributed by atoms with E-state index in [0.717, 1.165) is 11.1 Å². The van der Waals surface area contributed by atoms with Crippen molar-refractivity contribution in [3.63, 3.8) is 0 Å². The van der Waals surface area contributed by atoms with Gasteiger partial charge in [0.1, 0.15) is 18.5 Å². The van der Waals surface area contributed by atoms with Gasteiger partial charge in [-0.2, -0.15) is 0 Å². The van der Waals surface area contributed by atoms with Crippen molar-refractivity contribution in [2.75, 3.05) is 0 Å². The number of aliphatic hydroxyl groups excluding tert-OH is 1. The molecule has 0 fully saturated rings. The quantitative estimate of drug-likeness (QED) is 0.280. The number of carboxylic acids is 1. The van der Waals surface area contributed by atoms with Gasteiger partial charge in [0.15, 0.2) is 0 Å². The Morgan fingerprint density at radius 3 is 2.30 bits per heavy atom.